The molecule has 79 heavy (non-hydrogen) atoms. The van der Waals surface area contributed by atoms with Crippen molar-refractivity contribution in [3.63, 3.8) is 0 Å². The molecule has 456 valence electrons. The average molecular weight is 1110 g/mol. The molecule has 9 nitrogen and oxygen atoms in total. The van der Waals surface area contributed by atoms with Crippen molar-refractivity contribution in [3.05, 3.63) is 85.1 Å². The molecule has 0 aliphatic carbocycles. The van der Waals surface area contributed by atoms with Crippen molar-refractivity contribution in [2.45, 2.75) is 296 Å². The van der Waals surface area contributed by atoms with Gasteiger partial charge in [-0.15, -0.1) is 0 Å². The average Bonchev–Trinajstić information content (AvgIpc) is 3.42. The van der Waals surface area contributed by atoms with Crippen molar-refractivity contribution < 1.29 is 42.9 Å². The number of allylic oxidation sites excluding steroid dienone is 14. The minimum Gasteiger partial charge on any atom is -0.545 e. The predicted molar refractivity (Wildman–Crippen MR) is 334 cm³/mol. The molecule has 0 heterocycles. The maximum atomic E-state index is 12.9. The van der Waals surface area contributed by atoms with Gasteiger partial charge in [-0.1, -0.05) is 272 Å². The van der Waals surface area contributed by atoms with Gasteiger partial charge in [0.25, 0.3) is 0 Å². The summed E-state index contributed by atoms with van der Waals surface area (Å²) in [5.41, 5.74) is 0. The van der Waals surface area contributed by atoms with E-state index in [1.807, 2.05) is 21.1 Å². The minimum absolute atomic E-state index is 0.144. The Kier molecular flexibility index (Phi) is 57.9. The Morgan fingerprint density at radius 1 is 0.380 bits per heavy atom. The maximum absolute atomic E-state index is 12.9. The van der Waals surface area contributed by atoms with Gasteiger partial charge >= 0.3 is 11.9 Å². The fourth-order valence-corrected chi connectivity index (χ4v) is 9.19. The summed E-state index contributed by atoms with van der Waals surface area (Å²) in [5, 5.41) is 11.8. The lowest BCUT2D eigenvalue weighted by atomic mass is 10.0. The van der Waals surface area contributed by atoms with Crippen LogP contribution in [0.1, 0.15) is 284 Å². The molecule has 2 unspecified atom stereocenters. The Labute approximate surface area is 487 Å². The molecule has 0 saturated heterocycles. The molecule has 0 bridgehead atoms. The summed E-state index contributed by atoms with van der Waals surface area (Å²) in [5.74, 6) is -2.30. The quantitative estimate of drug-likeness (QED) is 0.0195. The number of hydrogen-bond donors (Lipinski definition) is 0. The van der Waals surface area contributed by atoms with E-state index in [2.05, 4.69) is 98.9 Å². The Morgan fingerprint density at radius 2 is 0.684 bits per heavy atom. The predicted octanol–water partition coefficient (Wildman–Crippen LogP) is 18.6. The number of carboxylic acid groups (broad SMARTS) is 1. The van der Waals surface area contributed by atoms with Gasteiger partial charge in [0, 0.05) is 12.8 Å². The Bertz CT molecular complexity index is 1570. The first kappa shape index (κ1) is 75.5. The summed E-state index contributed by atoms with van der Waals surface area (Å²) >= 11 is 0. The SMILES string of the molecule is CC/C=C\C/C=C\C/C=C\C/C=C\CCCCCCCCCCCCCCCCCCCCCCCCCCCCC(=O)OC(COC(=O)CCCCCCC/C=C\C/C=C\C/C=C\CC)COC(OCC[N+](C)(C)C)C(=O)[O-]. The van der Waals surface area contributed by atoms with E-state index in [9.17, 15) is 19.5 Å². The highest BCUT2D eigenvalue weighted by Crippen LogP contribution is 2.18. The molecule has 0 aliphatic rings. The molecular weight excluding hydrogens is 983 g/mol. The number of likely N-dealkylation sites (N-methyl/N-ethyl adjacent to an activating group) is 1. The second-order valence-corrected chi connectivity index (χ2v) is 23.0. The molecule has 0 fully saturated rings. The summed E-state index contributed by atoms with van der Waals surface area (Å²) in [6, 6.07) is 0. The molecule has 0 spiro atoms. The van der Waals surface area contributed by atoms with Gasteiger partial charge in [-0.3, -0.25) is 9.59 Å². The summed E-state index contributed by atoms with van der Waals surface area (Å²) < 4.78 is 22.7. The number of quaternary nitrogens is 1. The first-order valence-electron chi connectivity index (χ1n) is 32.7. The van der Waals surface area contributed by atoms with E-state index in [0.29, 0.717) is 17.4 Å². The van der Waals surface area contributed by atoms with Gasteiger partial charge in [-0.25, -0.2) is 0 Å². The molecule has 0 aromatic heterocycles. The number of esters is 2. The molecular formula is C70H123NO8. The third-order valence-corrected chi connectivity index (χ3v) is 14.1. The smallest absolute Gasteiger partial charge is 0.306 e. The van der Waals surface area contributed by atoms with E-state index >= 15 is 0 Å². The zero-order chi connectivity index (χ0) is 57.6. The largest absolute Gasteiger partial charge is 0.545 e. The van der Waals surface area contributed by atoms with Crippen LogP contribution in [0.3, 0.4) is 0 Å². The third kappa shape index (κ3) is 61.9. The summed E-state index contributed by atoms with van der Waals surface area (Å²) in [6.07, 6.45) is 78.2. The minimum atomic E-state index is -1.63. The van der Waals surface area contributed by atoms with Crippen LogP contribution in [0.4, 0.5) is 0 Å². The van der Waals surface area contributed by atoms with E-state index in [1.165, 1.54) is 154 Å². The van der Waals surface area contributed by atoms with Gasteiger partial charge in [0.1, 0.15) is 13.2 Å². The number of nitrogens with zero attached hydrogens (tertiary/aromatic N) is 1. The summed E-state index contributed by atoms with van der Waals surface area (Å²) in [7, 11) is 5.92. The van der Waals surface area contributed by atoms with Crippen LogP contribution in [0.15, 0.2) is 85.1 Å². The van der Waals surface area contributed by atoms with Gasteiger partial charge in [0.05, 0.1) is 40.3 Å². The fraction of sp³-hybridized carbons (Fsp3) is 0.757. The van der Waals surface area contributed by atoms with E-state index in [0.717, 1.165) is 96.3 Å². The van der Waals surface area contributed by atoms with Crippen LogP contribution in [0.25, 0.3) is 0 Å². The molecule has 0 aromatic carbocycles. The van der Waals surface area contributed by atoms with Crippen LogP contribution >= 0.6 is 0 Å². The first-order valence-corrected chi connectivity index (χ1v) is 32.7. The molecule has 0 saturated carbocycles. The number of aliphatic carboxylic acids is 1. The molecule has 0 aromatic rings. The van der Waals surface area contributed by atoms with Gasteiger partial charge in [0.15, 0.2) is 12.4 Å². The summed E-state index contributed by atoms with van der Waals surface area (Å²) in [4.78, 5) is 37.3. The highest BCUT2D eigenvalue weighted by atomic mass is 16.7. The number of hydrogen-bond acceptors (Lipinski definition) is 8. The van der Waals surface area contributed by atoms with Gasteiger partial charge < -0.3 is 33.3 Å². The van der Waals surface area contributed by atoms with Crippen molar-refractivity contribution in [1.82, 2.24) is 0 Å². The van der Waals surface area contributed by atoms with Gasteiger partial charge in [-0.2, -0.15) is 0 Å². The lowest BCUT2D eigenvalue weighted by molar-refractivity contribution is -0.870. The zero-order valence-electron chi connectivity index (χ0n) is 52.0. The number of unbranched alkanes of at least 4 members (excludes halogenated alkanes) is 31. The second kappa shape index (κ2) is 60.6. The highest BCUT2D eigenvalue weighted by molar-refractivity contribution is 5.70. The highest BCUT2D eigenvalue weighted by Gasteiger charge is 2.22. The molecule has 9 heteroatoms. The standard InChI is InChI=1S/C70H123NO8/c1-6-8-10-12-14-16-18-20-22-23-24-25-26-27-28-29-30-31-32-33-34-35-36-37-38-39-40-41-42-43-44-45-47-49-51-53-55-57-59-61-68(73)79-66(65-78-70(69(74)75)76-63-62-71(3,4)5)64-77-67(72)60-58-56-54-52-50-48-46-21-19-17-15-13-11-9-7-2/h8-11,14-17,20-22,24-25,46,66,70H,6-7,12-13,18-19,23,26-45,47-65H2,1-5H3/b10-8-,11-9-,16-14-,17-15-,22-20-,25-24-,46-21-. The molecule has 0 radical (unpaired) electrons. The number of carboxylic acids is 1. The summed E-state index contributed by atoms with van der Waals surface area (Å²) in [6.45, 7) is 4.52. The van der Waals surface area contributed by atoms with E-state index in [4.69, 9.17) is 18.9 Å². The first-order chi connectivity index (χ1) is 38.6. The number of carbonyl (C=O) groups excluding carboxylic acids is 3. The Balaban J connectivity index is 3.97. The molecule has 0 aliphatic heterocycles. The normalized spacial score (nSPS) is 13.3. The van der Waals surface area contributed by atoms with Crippen LogP contribution < -0.4 is 5.11 Å². The van der Waals surface area contributed by atoms with Crippen LogP contribution in [-0.2, 0) is 33.3 Å². The van der Waals surface area contributed by atoms with E-state index in [1.54, 1.807) is 0 Å². The van der Waals surface area contributed by atoms with Crippen molar-refractivity contribution in [2.75, 3.05) is 47.5 Å². The van der Waals surface area contributed by atoms with E-state index in [-0.39, 0.29) is 38.6 Å². The van der Waals surface area contributed by atoms with Gasteiger partial charge in [0.2, 0.25) is 0 Å². The zero-order valence-corrected chi connectivity index (χ0v) is 52.0. The lowest BCUT2D eigenvalue weighted by Gasteiger charge is -2.26. The van der Waals surface area contributed by atoms with Gasteiger partial charge in [-0.05, 0) is 83.5 Å². The number of ether oxygens (including phenoxy) is 4. The number of rotatable bonds is 60. The molecule has 0 amide bonds. The number of carbonyl (C=O) groups is 3. The molecule has 2 atom stereocenters. The van der Waals surface area contributed by atoms with E-state index < -0.39 is 24.3 Å². The van der Waals surface area contributed by atoms with Crippen molar-refractivity contribution >= 4 is 17.9 Å². The Hall–Kier alpha value is -3.53. The van der Waals surface area contributed by atoms with Crippen molar-refractivity contribution in [3.8, 4) is 0 Å². The maximum Gasteiger partial charge on any atom is 0.306 e. The van der Waals surface area contributed by atoms with Crippen molar-refractivity contribution in [1.29, 1.82) is 0 Å². The Morgan fingerprint density at radius 3 is 1.01 bits per heavy atom. The monoisotopic (exact) mass is 1110 g/mol. The van der Waals surface area contributed by atoms with Crippen LogP contribution in [0.5, 0.6) is 0 Å². The van der Waals surface area contributed by atoms with Crippen LogP contribution in [0, 0.1) is 0 Å². The fourth-order valence-electron chi connectivity index (χ4n) is 9.19. The second-order valence-electron chi connectivity index (χ2n) is 23.0. The van der Waals surface area contributed by atoms with Crippen LogP contribution in [-0.4, -0.2) is 82.3 Å². The van der Waals surface area contributed by atoms with Crippen LogP contribution in [0.2, 0.25) is 0 Å². The molecule has 0 rings (SSSR count). The molecule has 0 N–H and O–H groups in total. The topological polar surface area (TPSA) is 111 Å². The van der Waals surface area contributed by atoms with Crippen molar-refractivity contribution in [2.24, 2.45) is 0 Å². The third-order valence-electron chi connectivity index (χ3n) is 14.1. The lowest BCUT2D eigenvalue weighted by Crippen LogP contribution is -2.44.